The number of urea groups is 1. The average Bonchev–Trinajstić information content (AvgIpc) is 2.82. The number of carbonyl (C=O) groups is 2. The van der Waals surface area contributed by atoms with Gasteiger partial charge < -0.3 is 25.0 Å². The lowest BCUT2D eigenvalue weighted by molar-refractivity contribution is -0.135. The van der Waals surface area contributed by atoms with E-state index in [0.717, 1.165) is 24.1 Å². The summed E-state index contributed by atoms with van der Waals surface area (Å²) in [5, 5.41) is 14.7. The third kappa shape index (κ3) is 6.38. The number of nitrogens with zero attached hydrogens (tertiary/aromatic N) is 2. The van der Waals surface area contributed by atoms with Crippen molar-refractivity contribution in [3.05, 3.63) is 53.6 Å². The minimum absolute atomic E-state index is 0.115. The molecule has 3 rings (SSSR count). The summed E-state index contributed by atoms with van der Waals surface area (Å²) in [7, 11) is 1.49. The zero-order chi connectivity index (χ0) is 22.9. The SMILES string of the molecule is COc1cc(C#N)ccc1OCC(=O)N1CCCC(CNC(=O)Nc2ccc(C)cc2)C1. The highest BCUT2D eigenvalue weighted by molar-refractivity contribution is 5.89. The van der Waals surface area contributed by atoms with Crippen LogP contribution in [0.2, 0.25) is 0 Å². The van der Waals surface area contributed by atoms with Gasteiger partial charge in [0.05, 0.1) is 18.7 Å². The number of amides is 3. The van der Waals surface area contributed by atoms with Gasteiger partial charge in [-0.3, -0.25) is 4.79 Å². The van der Waals surface area contributed by atoms with Crippen LogP contribution in [0.5, 0.6) is 11.5 Å². The van der Waals surface area contributed by atoms with E-state index in [-0.39, 0.29) is 24.5 Å². The summed E-state index contributed by atoms with van der Waals surface area (Å²) in [5.41, 5.74) is 2.33. The molecule has 0 aromatic heterocycles. The van der Waals surface area contributed by atoms with Gasteiger partial charge in [-0.2, -0.15) is 5.26 Å². The van der Waals surface area contributed by atoms with Crippen molar-refractivity contribution in [2.45, 2.75) is 19.8 Å². The molecule has 0 aliphatic carbocycles. The first-order valence-electron chi connectivity index (χ1n) is 10.6. The van der Waals surface area contributed by atoms with Crippen molar-refractivity contribution in [1.82, 2.24) is 10.2 Å². The molecular weight excluding hydrogens is 408 g/mol. The van der Waals surface area contributed by atoms with Crippen LogP contribution >= 0.6 is 0 Å². The number of nitriles is 1. The molecule has 8 nitrogen and oxygen atoms in total. The standard InChI is InChI=1S/C24H28N4O4/c1-17-5-8-20(9-6-17)27-24(30)26-14-19-4-3-11-28(15-19)23(29)16-32-21-10-7-18(13-25)12-22(21)31-2/h5-10,12,19H,3-4,11,14-16H2,1-2H3,(H2,26,27,30). The summed E-state index contributed by atoms with van der Waals surface area (Å²) in [5.74, 6) is 0.895. The Morgan fingerprint density at radius 1 is 1.19 bits per heavy atom. The van der Waals surface area contributed by atoms with Crippen molar-refractivity contribution < 1.29 is 19.1 Å². The van der Waals surface area contributed by atoms with Crippen LogP contribution in [-0.4, -0.2) is 50.2 Å². The van der Waals surface area contributed by atoms with Crippen LogP contribution in [0.4, 0.5) is 10.5 Å². The summed E-state index contributed by atoms with van der Waals surface area (Å²) >= 11 is 0. The molecule has 8 heteroatoms. The van der Waals surface area contributed by atoms with Crippen LogP contribution in [0.15, 0.2) is 42.5 Å². The van der Waals surface area contributed by atoms with Crippen LogP contribution in [0.25, 0.3) is 0 Å². The molecule has 1 aliphatic heterocycles. The van der Waals surface area contributed by atoms with E-state index in [9.17, 15) is 9.59 Å². The Kier molecular flexibility index (Phi) is 7.92. The third-order valence-corrected chi connectivity index (χ3v) is 5.38. The van der Waals surface area contributed by atoms with Gasteiger partial charge in [0.1, 0.15) is 0 Å². The Balaban J connectivity index is 1.45. The lowest BCUT2D eigenvalue weighted by atomic mass is 9.98. The first-order chi connectivity index (χ1) is 15.5. The first-order valence-corrected chi connectivity index (χ1v) is 10.6. The van der Waals surface area contributed by atoms with Gasteiger partial charge in [-0.05, 0) is 49.9 Å². The minimum atomic E-state index is -0.256. The number of benzene rings is 2. The zero-order valence-electron chi connectivity index (χ0n) is 18.4. The Hall–Kier alpha value is -3.73. The van der Waals surface area contributed by atoms with Crippen molar-refractivity contribution in [3.63, 3.8) is 0 Å². The minimum Gasteiger partial charge on any atom is -0.493 e. The Bertz CT molecular complexity index is 984. The largest absolute Gasteiger partial charge is 0.493 e. The van der Waals surface area contributed by atoms with Crippen molar-refractivity contribution in [2.75, 3.05) is 38.7 Å². The summed E-state index contributed by atoms with van der Waals surface area (Å²) in [6, 6.07) is 14.2. The van der Waals surface area contributed by atoms with E-state index in [1.807, 2.05) is 37.3 Å². The highest BCUT2D eigenvalue weighted by atomic mass is 16.5. The molecule has 0 radical (unpaired) electrons. The van der Waals surface area contributed by atoms with Gasteiger partial charge >= 0.3 is 6.03 Å². The van der Waals surface area contributed by atoms with Crippen molar-refractivity contribution in [3.8, 4) is 17.6 Å². The summed E-state index contributed by atoms with van der Waals surface area (Å²) in [6.45, 7) is 3.60. The number of rotatable bonds is 7. The van der Waals surface area contributed by atoms with Gasteiger partial charge in [0.15, 0.2) is 18.1 Å². The highest BCUT2D eigenvalue weighted by Gasteiger charge is 2.24. The van der Waals surface area contributed by atoms with E-state index in [1.54, 1.807) is 23.1 Å². The van der Waals surface area contributed by atoms with Crippen LogP contribution in [-0.2, 0) is 4.79 Å². The summed E-state index contributed by atoms with van der Waals surface area (Å²) < 4.78 is 10.9. The molecule has 1 unspecified atom stereocenters. The average molecular weight is 437 g/mol. The number of aryl methyl sites for hydroxylation is 1. The third-order valence-electron chi connectivity index (χ3n) is 5.38. The topological polar surface area (TPSA) is 104 Å². The molecule has 1 aliphatic rings. The molecule has 1 saturated heterocycles. The van der Waals surface area contributed by atoms with Gasteiger partial charge in [-0.25, -0.2) is 4.79 Å². The van der Waals surface area contributed by atoms with Crippen LogP contribution in [0, 0.1) is 24.2 Å². The maximum absolute atomic E-state index is 12.7. The molecule has 0 saturated carbocycles. The van der Waals surface area contributed by atoms with Gasteiger partial charge in [0.25, 0.3) is 5.91 Å². The molecule has 3 amide bonds. The zero-order valence-corrected chi connectivity index (χ0v) is 18.4. The number of hydrogen-bond donors (Lipinski definition) is 2. The molecule has 1 atom stereocenters. The van der Waals surface area contributed by atoms with Gasteiger partial charge in [0, 0.05) is 31.4 Å². The Labute approximate surface area is 188 Å². The van der Waals surface area contributed by atoms with E-state index in [1.165, 1.54) is 7.11 Å². The van der Waals surface area contributed by atoms with Gasteiger partial charge in [-0.1, -0.05) is 17.7 Å². The molecule has 2 aromatic carbocycles. The quantitative estimate of drug-likeness (QED) is 0.693. The fourth-order valence-electron chi connectivity index (χ4n) is 3.59. The normalized spacial score (nSPS) is 15.4. The molecule has 1 heterocycles. The number of ether oxygens (including phenoxy) is 2. The lowest BCUT2D eigenvalue weighted by Crippen LogP contribution is -2.45. The Morgan fingerprint density at radius 3 is 2.69 bits per heavy atom. The predicted octanol–water partition coefficient (Wildman–Crippen LogP) is 3.31. The molecule has 1 fully saturated rings. The van der Waals surface area contributed by atoms with Gasteiger partial charge in [0.2, 0.25) is 0 Å². The molecule has 2 N–H and O–H groups in total. The fraction of sp³-hybridized carbons (Fsp3) is 0.375. The number of nitrogens with one attached hydrogen (secondary N) is 2. The van der Waals surface area contributed by atoms with Crippen molar-refractivity contribution in [2.24, 2.45) is 5.92 Å². The molecule has 32 heavy (non-hydrogen) atoms. The number of carbonyl (C=O) groups excluding carboxylic acids is 2. The van der Waals surface area contributed by atoms with E-state index in [2.05, 4.69) is 10.6 Å². The smallest absolute Gasteiger partial charge is 0.319 e. The van der Waals surface area contributed by atoms with E-state index in [0.29, 0.717) is 36.7 Å². The van der Waals surface area contributed by atoms with E-state index in [4.69, 9.17) is 14.7 Å². The van der Waals surface area contributed by atoms with Crippen LogP contribution < -0.4 is 20.1 Å². The molecule has 2 aromatic rings. The van der Waals surface area contributed by atoms with E-state index < -0.39 is 0 Å². The molecule has 0 spiro atoms. The van der Waals surface area contributed by atoms with E-state index >= 15 is 0 Å². The van der Waals surface area contributed by atoms with Crippen molar-refractivity contribution in [1.29, 1.82) is 5.26 Å². The monoisotopic (exact) mass is 436 g/mol. The number of hydrogen-bond acceptors (Lipinski definition) is 5. The molecule has 0 bridgehead atoms. The summed E-state index contributed by atoms with van der Waals surface area (Å²) in [6.07, 6.45) is 1.82. The molecule has 168 valence electrons. The lowest BCUT2D eigenvalue weighted by Gasteiger charge is -2.32. The second-order valence-electron chi connectivity index (χ2n) is 7.82. The number of piperidine rings is 1. The maximum atomic E-state index is 12.7. The second-order valence-corrected chi connectivity index (χ2v) is 7.82. The molecular formula is C24H28N4O4. The number of likely N-dealkylation sites (tertiary alicyclic amines) is 1. The Morgan fingerprint density at radius 2 is 1.97 bits per heavy atom. The highest BCUT2D eigenvalue weighted by Crippen LogP contribution is 2.28. The van der Waals surface area contributed by atoms with Gasteiger partial charge in [-0.15, -0.1) is 0 Å². The first kappa shape index (κ1) is 22.9. The summed E-state index contributed by atoms with van der Waals surface area (Å²) in [4.78, 5) is 26.6. The number of anilines is 1. The number of methoxy groups -OCH3 is 1. The van der Waals surface area contributed by atoms with Crippen LogP contribution in [0.3, 0.4) is 0 Å². The fourth-order valence-corrected chi connectivity index (χ4v) is 3.59. The second kappa shape index (κ2) is 11.0. The maximum Gasteiger partial charge on any atom is 0.319 e. The predicted molar refractivity (Wildman–Crippen MR) is 121 cm³/mol. The van der Waals surface area contributed by atoms with Crippen molar-refractivity contribution >= 4 is 17.6 Å². The van der Waals surface area contributed by atoms with Crippen LogP contribution in [0.1, 0.15) is 24.0 Å².